The summed E-state index contributed by atoms with van der Waals surface area (Å²) in [5, 5.41) is 4.56. The molecular formula is C14H15N3S2. The van der Waals surface area contributed by atoms with E-state index in [4.69, 9.17) is 4.99 Å². The molecule has 2 aliphatic rings. The van der Waals surface area contributed by atoms with Gasteiger partial charge in [0.2, 0.25) is 0 Å². The summed E-state index contributed by atoms with van der Waals surface area (Å²) in [7, 11) is 0. The summed E-state index contributed by atoms with van der Waals surface area (Å²) >= 11 is 3.55. The smallest absolute Gasteiger partial charge is 0.161 e. The first kappa shape index (κ1) is 11.7. The van der Waals surface area contributed by atoms with E-state index in [1.807, 2.05) is 17.3 Å². The van der Waals surface area contributed by atoms with Crippen LogP contribution in [0.4, 0.5) is 5.69 Å². The minimum atomic E-state index is 0.566. The number of hydrogen-bond acceptors (Lipinski definition) is 5. The van der Waals surface area contributed by atoms with Gasteiger partial charge in [-0.15, -0.1) is 11.3 Å². The predicted molar refractivity (Wildman–Crippen MR) is 84.3 cm³/mol. The molecule has 1 aromatic carbocycles. The van der Waals surface area contributed by atoms with E-state index in [0.717, 1.165) is 22.3 Å². The highest BCUT2D eigenvalue weighted by atomic mass is 32.2. The standard InChI is InChI=1S/C14H15N3S2/c1-2-9-7-18-14(17-11(9)3-1)16-10-4-5-12-13(6-10)19-8-15-12/h4-6,8-9,11H,1-3,7H2,(H,16,17). The second-order valence-electron chi connectivity index (χ2n) is 5.16. The fraction of sp³-hybridized carbons (Fsp3) is 0.429. The van der Waals surface area contributed by atoms with Gasteiger partial charge in [-0.1, -0.05) is 18.2 Å². The monoisotopic (exact) mass is 289 g/mol. The summed E-state index contributed by atoms with van der Waals surface area (Å²) in [6.45, 7) is 0. The molecule has 0 bridgehead atoms. The first-order valence-electron chi connectivity index (χ1n) is 6.69. The SMILES string of the molecule is c1nc2ccc(NC3=NC4CCCC4CS3)cc2s1. The van der Waals surface area contributed by atoms with Crippen LogP contribution in [0.2, 0.25) is 0 Å². The van der Waals surface area contributed by atoms with Gasteiger partial charge in [0.15, 0.2) is 5.17 Å². The zero-order valence-corrected chi connectivity index (χ0v) is 12.1. The summed E-state index contributed by atoms with van der Waals surface area (Å²) in [5.74, 6) is 2.04. The number of aromatic nitrogens is 1. The maximum absolute atomic E-state index is 4.86. The molecule has 98 valence electrons. The number of amidine groups is 1. The minimum Gasteiger partial charge on any atom is -0.335 e. The minimum absolute atomic E-state index is 0.566. The maximum atomic E-state index is 4.86. The third-order valence-corrected chi connectivity index (χ3v) is 5.79. The number of aliphatic imine (C=N–C) groups is 1. The molecule has 1 saturated carbocycles. The first-order valence-corrected chi connectivity index (χ1v) is 8.56. The quantitative estimate of drug-likeness (QED) is 0.863. The Bertz CT molecular complexity index is 634. The molecule has 1 aromatic heterocycles. The van der Waals surface area contributed by atoms with Crippen LogP contribution < -0.4 is 5.32 Å². The Morgan fingerprint density at radius 3 is 3.26 bits per heavy atom. The highest BCUT2D eigenvalue weighted by Crippen LogP contribution is 2.35. The molecule has 19 heavy (non-hydrogen) atoms. The molecule has 1 N–H and O–H groups in total. The van der Waals surface area contributed by atoms with Gasteiger partial charge in [-0.3, -0.25) is 4.99 Å². The largest absolute Gasteiger partial charge is 0.335 e. The van der Waals surface area contributed by atoms with Crippen LogP contribution in [0, 0.1) is 5.92 Å². The lowest BCUT2D eigenvalue weighted by molar-refractivity contribution is 0.535. The molecule has 2 heterocycles. The van der Waals surface area contributed by atoms with Crippen molar-refractivity contribution in [1.82, 2.24) is 4.98 Å². The van der Waals surface area contributed by atoms with Crippen LogP contribution in [0.3, 0.4) is 0 Å². The Hall–Kier alpha value is -1.07. The zero-order chi connectivity index (χ0) is 12.7. The molecule has 3 nitrogen and oxygen atoms in total. The van der Waals surface area contributed by atoms with E-state index >= 15 is 0 Å². The van der Waals surface area contributed by atoms with Crippen LogP contribution in [-0.4, -0.2) is 21.9 Å². The van der Waals surface area contributed by atoms with E-state index in [2.05, 4.69) is 28.5 Å². The summed E-state index contributed by atoms with van der Waals surface area (Å²) in [6, 6.07) is 6.89. The molecule has 1 aliphatic carbocycles. The topological polar surface area (TPSA) is 37.3 Å². The number of benzene rings is 1. The van der Waals surface area contributed by atoms with Gasteiger partial charge in [0.25, 0.3) is 0 Å². The Kier molecular flexibility index (Phi) is 2.96. The van der Waals surface area contributed by atoms with E-state index in [-0.39, 0.29) is 0 Å². The Balaban J connectivity index is 1.57. The van der Waals surface area contributed by atoms with Crippen molar-refractivity contribution >= 4 is 44.2 Å². The van der Waals surface area contributed by atoms with Crippen LogP contribution in [-0.2, 0) is 0 Å². The summed E-state index contributed by atoms with van der Waals surface area (Å²) < 4.78 is 1.23. The summed E-state index contributed by atoms with van der Waals surface area (Å²) in [4.78, 5) is 9.17. The van der Waals surface area contributed by atoms with Crippen LogP contribution in [0.1, 0.15) is 19.3 Å². The van der Waals surface area contributed by atoms with Gasteiger partial charge in [-0.2, -0.15) is 0 Å². The van der Waals surface area contributed by atoms with Crippen molar-refractivity contribution < 1.29 is 0 Å². The molecule has 2 unspecified atom stereocenters. The average Bonchev–Trinajstić information content (AvgIpc) is 3.05. The number of rotatable bonds is 1. The first-order chi connectivity index (χ1) is 9.38. The van der Waals surface area contributed by atoms with Gasteiger partial charge >= 0.3 is 0 Å². The van der Waals surface area contributed by atoms with Crippen LogP contribution in [0.5, 0.6) is 0 Å². The van der Waals surface area contributed by atoms with Gasteiger partial charge in [-0.05, 0) is 37.0 Å². The number of thiazole rings is 1. The number of thioether (sulfide) groups is 1. The van der Waals surface area contributed by atoms with Crippen LogP contribution in [0.15, 0.2) is 28.7 Å². The Morgan fingerprint density at radius 1 is 1.26 bits per heavy atom. The van der Waals surface area contributed by atoms with Crippen molar-refractivity contribution in [2.45, 2.75) is 25.3 Å². The van der Waals surface area contributed by atoms with Gasteiger partial charge < -0.3 is 5.32 Å². The third-order valence-electron chi connectivity index (χ3n) is 3.92. The van der Waals surface area contributed by atoms with Gasteiger partial charge in [0.1, 0.15) is 0 Å². The zero-order valence-electron chi connectivity index (χ0n) is 10.5. The van der Waals surface area contributed by atoms with Gasteiger partial charge in [0, 0.05) is 11.4 Å². The fourth-order valence-corrected chi connectivity index (χ4v) is 4.76. The molecule has 1 fully saturated rings. The predicted octanol–water partition coefficient (Wildman–Crippen LogP) is 3.98. The van der Waals surface area contributed by atoms with E-state index in [9.17, 15) is 0 Å². The van der Waals surface area contributed by atoms with E-state index in [1.165, 1.54) is 29.7 Å². The van der Waals surface area contributed by atoms with Crippen molar-refractivity contribution in [2.75, 3.05) is 11.1 Å². The van der Waals surface area contributed by atoms with Gasteiger partial charge in [0.05, 0.1) is 21.8 Å². The Labute approximate surface area is 120 Å². The van der Waals surface area contributed by atoms with Crippen molar-refractivity contribution in [2.24, 2.45) is 10.9 Å². The van der Waals surface area contributed by atoms with E-state index in [1.54, 1.807) is 11.3 Å². The second kappa shape index (κ2) is 4.80. The lowest BCUT2D eigenvalue weighted by atomic mass is 10.1. The molecule has 0 saturated heterocycles. The van der Waals surface area contributed by atoms with E-state index < -0.39 is 0 Å². The van der Waals surface area contributed by atoms with Crippen molar-refractivity contribution in [3.63, 3.8) is 0 Å². The molecule has 0 spiro atoms. The number of nitrogens with zero attached hydrogens (tertiary/aromatic N) is 2. The van der Waals surface area contributed by atoms with Crippen molar-refractivity contribution in [3.05, 3.63) is 23.7 Å². The second-order valence-corrected chi connectivity index (χ2v) is 7.06. The number of anilines is 1. The van der Waals surface area contributed by atoms with Gasteiger partial charge in [-0.25, -0.2) is 4.98 Å². The van der Waals surface area contributed by atoms with Crippen LogP contribution >= 0.6 is 23.1 Å². The summed E-state index contributed by atoms with van der Waals surface area (Å²) in [5.41, 5.74) is 4.09. The number of nitrogens with one attached hydrogen (secondary N) is 1. The van der Waals surface area contributed by atoms with Crippen molar-refractivity contribution in [3.8, 4) is 0 Å². The van der Waals surface area contributed by atoms with Crippen molar-refractivity contribution in [1.29, 1.82) is 0 Å². The summed E-state index contributed by atoms with van der Waals surface area (Å²) in [6.07, 6.45) is 3.98. The molecular weight excluding hydrogens is 274 g/mol. The number of fused-ring (bicyclic) bond motifs is 2. The number of hydrogen-bond donors (Lipinski definition) is 1. The molecule has 5 heteroatoms. The Morgan fingerprint density at radius 2 is 2.26 bits per heavy atom. The maximum Gasteiger partial charge on any atom is 0.161 e. The molecule has 0 amide bonds. The lowest BCUT2D eigenvalue weighted by Crippen LogP contribution is -2.25. The molecule has 1 aliphatic heterocycles. The molecule has 2 aromatic rings. The fourth-order valence-electron chi connectivity index (χ4n) is 2.88. The third kappa shape index (κ3) is 2.25. The molecule has 0 radical (unpaired) electrons. The average molecular weight is 289 g/mol. The lowest BCUT2D eigenvalue weighted by Gasteiger charge is -2.23. The molecule has 2 atom stereocenters. The van der Waals surface area contributed by atoms with Crippen LogP contribution in [0.25, 0.3) is 10.2 Å². The van der Waals surface area contributed by atoms with E-state index in [0.29, 0.717) is 6.04 Å². The molecule has 4 rings (SSSR count). The normalized spacial score (nSPS) is 26.2. The highest BCUT2D eigenvalue weighted by molar-refractivity contribution is 8.14. The highest BCUT2D eigenvalue weighted by Gasteiger charge is 2.30.